The summed E-state index contributed by atoms with van der Waals surface area (Å²) in [6.45, 7) is 3.91. The van der Waals surface area contributed by atoms with Crippen molar-refractivity contribution in [2.45, 2.75) is 6.42 Å². The Bertz CT molecular complexity index is 562. The second-order valence-electron chi connectivity index (χ2n) is 5.79. The Morgan fingerprint density at radius 2 is 2.04 bits per heavy atom. The van der Waals surface area contributed by atoms with Gasteiger partial charge in [-0.25, -0.2) is 0 Å². The van der Waals surface area contributed by atoms with Gasteiger partial charge in [0.15, 0.2) is 5.96 Å². The van der Waals surface area contributed by atoms with E-state index in [1.165, 1.54) is 0 Å². The van der Waals surface area contributed by atoms with Crippen molar-refractivity contribution in [2.24, 2.45) is 10.9 Å². The molecular formula is C17H25BrN4O2. The largest absolute Gasteiger partial charge is 0.384 e. The van der Waals surface area contributed by atoms with Crippen LogP contribution in [0, 0.1) is 5.92 Å². The van der Waals surface area contributed by atoms with Gasteiger partial charge in [0.2, 0.25) is 0 Å². The highest BCUT2D eigenvalue weighted by molar-refractivity contribution is 9.10. The molecule has 0 spiro atoms. The van der Waals surface area contributed by atoms with Gasteiger partial charge in [0.1, 0.15) is 0 Å². The number of rotatable bonds is 6. The van der Waals surface area contributed by atoms with Gasteiger partial charge in [-0.1, -0.05) is 15.9 Å². The smallest absolute Gasteiger partial charge is 0.251 e. The second-order valence-corrected chi connectivity index (χ2v) is 6.71. The van der Waals surface area contributed by atoms with Crippen LogP contribution in [-0.4, -0.2) is 63.7 Å². The Balaban J connectivity index is 1.71. The summed E-state index contributed by atoms with van der Waals surface area (Å²) in [6.07, 6.45) is 1.12. The van der Waals surface area contributed by atoms with Crippen LogP contribution in [0.25, 0.3) is 0 Å². The summed E-state index contributed by atoms with van der Waals surface area (Å²) in [4.78, 5) is 18.6. The quantitative estimate of drug-likeness (QED) is 0.436. The van der Waals surface area contributed by atoms with Crippen LogP contribution in [0.5, 0.6) is 0 Å². The molecule has 2 N–H and O–H groups in total. The fraction of sp³-hybridized carbons (Fsp3) is 0.529. The molecular weight excluding hydrogens is 372 g/mol. The standard InChI is InChI=1S/C17H25BrN4O2/c1-19-17(22-10-7-13(11-22)12-24-2)21-9-8-20-16(23)14-3-5-15(18)6-4-14/h3-6,13H,7-12H2,1-2H3,(H,19,21)(H,20,23). The maximum atomic E-state index is 12.0. The average molecular weight is 397 g/mol. The molecule has 1 aromatic carbocycles. The van der Waals surface area contributed by atoms with Crippen LogP contribution in [0.1, 0.15) is 16.8 Å². The van der Waals surface area contributed by atoms with Crippen molar-refractivity contribution >= 4 is 27.8 Å². The Morgan fingerprint density at radius 1 is 1.33 bits per heavy atom. The van der Waals surface area contributed by atoms with E-state index in [0.29, 0.717) is 24.6 Å². The molecule has 0 bridgehead atoms. The van der Waals surface area contributed by atoms with Gasteiger partial charge >= 0.3 is 0 Å². The predicted octanol–water partition coefficient (Wildman–Crippen LogP) is 1.72. The summed E-state index contributed by atoms with van der Waals surface area (Å²) in [5, 5.41) is 6.21. The zero-order chi connectivity index (χ0) is 17.4. The fourth-order valence-electron chi connectivity index (χ4n) is 2.78. The molecule has 1 aromatic rings. The number of nitrogens with zero attached hydrogens (tertiary/aromatic N) is 2. The van der Waals surface area contributed by atoms with E-state index in [9.17, 15) is 4.79 Å². The van der Waals surface area contributed by atoms with E-state index in [-0.39, 0.29) is 5.91 Å². The van der Waals surface area contributed by atoms with E-state index < -0.39 is 0 Å². The van der Waals surface area contributed by atoms with Gasteiger partial charge in [-0.2, -0.15) is 0 Å². The number of guanidine groups is 1. The highest BCUT2D eigenvalue weighted by Crippen LogP contribution is 2.16. The third-order valence-corrected chi connectivity index (χ3v) is 4.53. The fourth-order valence-corrected chi connectivity index (χ4v) is 3.05. The molecule has 1 fully saturated rings. The van der Waals surface area contributed by atoms with Gasteiger partial charge in [-0.05, 0) is 30.7 Å². The number of aliphatic imine (C=N–C) groups is 1. The number of hydrogen-bond donors (Lipinski definition) is 2. The van der Waals surface area contributed by atoms with Crippen molar-refractivity contribution in [3.63, 3.8) is 0 Å². The summed E-state index contributed by atoms with van der Waals surface area (Å²) in [7, 11) is 3.52. The van der Waals surface area contributed by atoms with E-state index in [2.05, 4.69) is 36.5 Å². The van der Waals surface area contributed by atoms with Gasteiger partial charge in [-0.15, -0.1) is 0 Å². The van der Waals surface area contributed by atoms with Gasteiger partial charge < -0.3 is 20.3 Å². The third kappa shape index (κ3) is 5.49. The lowest BCUT2D eigenvalue weighted by molar-refractivity contribution is 0.0954. The highest BCUT2D eigenvalue weighted by Gasteiger charge is 2.24. The molecule has 2 rings (SSSR count). The summed E-state index contributed by atoms with van der Waals surface area (Å²) >= 11 is 3.36. The van der Waals surface area contributed by atoms with Gasteiger partial charge in [0.05, 0.1) is 6.61 Å². The average Bonchev–Trinajstić information content (AvgIpc) is 3.04. The third-order valence-electron chi connectivity index (χ3n) is 4.00. The van der Waals surface area contributed by atoms with Crippen LogP contribution in [0.3, 0.4) is 0 Å². The summed E-state index contributed by atoms with van der Waals surface area (Å²) in [6, 6.07) is 7.32. The van der Waals surface area contributed by atoms with Crippen LogP contribution in [-0.2, 0) is 4.74 Å². The van der Waals surface area contributed by atoms with Crippen molar-refractivity contribution < 1.29 is 9.53 Å². The second kappa shape index (κ2) is 9.64. The molecule has 0 radical (unpaired) electrons. The first kappa shape index (κ1) is 18.7. The van der Waals surface area contributed by atoms with E-state index in [4.69, 9.17) is 4.74 Å². The monoisotopic (exact) mass is 396 g/mol. The van der Waals surface area contributed by atoms with Crippen molar-refractivity contribution in [3.05, 3.63) is 34.3 Å². The SMILES string of the molecule is CN=C(NCCNC(=O)c1ccc(Br)cc1)N1CCC(COC)C1. The number of hydrogen-bond acceptors (Lipinski definition) is 3. The van der Waals surface area contributed by atoms with Crippen LogP contribution >= 0.6 is 15.9 Å². The van der Waals surface area contributed by atoms with Crippen molar-refractivity contribution in [2.75, 3.05) is 46.9 Å². The van der Waals surface area contributed by atoms with E-state index >= 15 is 0 Å². The zero-order valence-electron chi connectivity index (χ0n) is 14.2. The van der Waals surface area contributed by atoms with Gasteiger partial charge in [0, 0.05) is 56.3 Å². The summed E-state index contributed by atoms with van der Waals surface area (Å²) < 4.78 is 6.18. The molecule has 1 amide bonds. The Hall–Kier alpha value is -1.60. The first-order valence-electron chi connectivity index (χ1n) is 8.12. The molecule has 132 valence electrons. The molecule has 0 aliphatic carbocycles. The topological polar surface area (TPSA) is 66.0 Å². The first-order valence-corrected chi connectivity index (χ1v) is 8.91. The first-order chi connectivity index (χ1) is 11.6. The maximum absolute atomic E-state index is 12.0. The van der Waals surface area contributed by atoms with Crippen molar-refractivity contribution in [1.82, 2.24) is 15.5 Å². The van der Waals surface area contributed by atoms with Crippen LogP contribution in [0.4, 0.5) is 0 Å². The molecule has 0 aromatic heterocycles. The molecule has 7 heteroatoms. The minimum atomic E-state index is -0.0689. The minimum absolute atomic E-state index is 0.0689. The Labute approximate surface area is 151 Å². The number of carbonyl (C=O) groups excluding carboxylic acids is 1. The molecule has 1 aliphatic rings. The lowest BCUT2D eigenvalue weighted by atomic mass is 10.1. The normalized spacial score (nSPS) is 17.9. The maximum Gasteiger partial charge on any atom is 0.251 e. The molecule has 24 heavy (non-hydrogen) atoms. The van der Waals surface area contributed by atoms with E-state index in [1.807, 2.05) is 12.1 Å². The number of methoxy groups -OCH3 is 1. The molecule has 1 unspecified atom stereocenters. The minimum Gasteiger partial charge on any atom is -0.384 e. The number of ether oxygens (including phenoxy) is 1. The highest BCUT2D eigenvalue weighted by atomic mass is 79.9. The summed E-state index contributed by atoms with van der Waals surface area (Å²) in [5.41, 5.74) is 0.657. The molecule has 1 heterocycles. The number of likely N-dealkylation sites (tertiary alicyclic amines) is 1. The van der Waals surface area contributed by atoms with Crippen molar-refractivity contribution in [3.8, 4) is 0 Å². The van der Waals surface area contributed by atoms with Gasteiger partial charge in [-0.3, -0.25) is 9.79 Å². The summed E-state index contributed by atoms with van der Waals surface area (Å²) in [5.74, 6) is 1.37. The predicted molar refractivity (Wildman–Crippen MR) is 99.4 cm³/mol. The van der Waals surface area contributed by atoms with Crippen LogP contribution < -0.4 is 10.6 Å². The lowest BCUT2D eigenvalue weighted by Crippen LogP contribution is -2.43. The zero-order valence-corrected chi connectivity index (χ0v) is 15.8. The number of halogens is 1. The number of nitrogens with one attached hydrogen (secondary N) is 2. The molecule has 0 saturated carbocycles. The number of amides is 1. The molecule has 6 nitrogen and oxygen atoms in total. The van der Waals surface area contributed by atoms with Crippen molar-refractivity contribution in [1.29, 1.82) is 0 Å². The van der Waals surface area contributed by atoms with Gasteiger partial charge in [0.25, 0.3) is 5.91 Å². The van der Waals surface area contributed by atoms with Crippen LogP contribution in [0.15, 0.2) is 33.7 Å². The van der Waals surface area contributed by atoms with Crippen LogP contribution in [0.2, 0.25) is 0 Å². The molecule has 1 aliphatic heterocycles. The Kier molecular flexibility index (Phi) is 7.52. The molecule has 1 saturated heterocycles. The lowest BCUT2D eigenvalue weighted by Gasteiger charge is -2.21. The number of benzene rings is 1. The number of carbonyl (C=O) groups is 1. The molecule has 1 atom stereocenters. The van der Waals surface area contributed by atoms with E-state index in [1.54, 1.807) is 26.3 Å². The van der Waals surface area contributed by atoms with E-state index in [0.717, 1.165) is 36.5 Å². The Morgan fingerprint density at radius 3 is 2.71 bits per heavy atom.